The lowest BCUT2D eigenvalue weighted by atomic mass is 10.1. The quantitative estimate of drug-likeness (QED) is 0.482. The highest BCUT2D eigenvalue weighted by atomic mass is 16.5. The van der Waals surface area contributed by atoms with Gasteiger partial charge in [0.1, 0.15) is 0 Å². The Bertz CT molecular complexity index is 285. The van der Waals surface area contributed by atoms with Crippen LogP contribution in [0.3, 0.4) is 0 Å². The third kappa shape index (κ3) is 13.1. The number of rotatable bonds is 11. The summed E-state index contributed by atoms with van der Waals surface area (Å²) in [4.78, 5) is 23.9. The Morgan fingerprint density at radius 1 is 1.30 bits per heavy atom. The molecule has 0 heterocycles. The molecule has 0 aromatic rings. The van der Waals surface area contributed by atoms with E-state index in [4.69, 9.17) is 9.84 Å². The zero-order chi connectivity index (χ0) is 15.4. The van der Waals surface area contributed by atoms with Crippen LogP contribution in [-0.2, 0) is 9.53 Å². The molecule has 0 fully saturated rings. The zero-order valence-corrected chi connectivity index (χ0v) is 12.6. The zero-order valence-electron chi connectivity index (χ0n) is 12.6. The summed E-state index contributed by atoms with van der Waals surface area (Å²) in [7, 11) is 3.95. The van der Waals surface area contributed by atoms with Gasteiger partial charge in [0.25, 0.3) is 0 Å². The van der Waals surface area contributed by atoms with Crippen molar-refractivity contribution >= 4 is 12.0 Å². The van der Waals surface area contributed by atoms with E-state index in [0.717, 1.165) is 6.54 Å². The number of carbonyl (C=O) groups excluding carboxylic acids is 1. The SMILES string of the molecule is CC(CCCC(=O)O)NC(=O)NCCOCCN(C)C. The summed E-state index contributed by atoms with van der Waals surface area (Å²) in [6, 6.07) is -0.284. The molecular formula is C13H27N3O4. The molecular weight excluding hydrogens is 262 g/mol. The molecule has 0 saturated heterocycles. The molecule has 0 aromatic carbocycles. The largest absolute Gasteiger partial charge is 0.481 e. The highest BCUT2D eigenvalue weighted by Gasteiger charge is 2.07. The van der Waals surface area contributed by atoms with E-state index in [1.54, 1.807) is 0 Å². The van der Waals surface area contributed by atoms with Gasteiger partial charge in [-0.1, -0.05) is 0 Å². The van der Waals surface area contributed by atoms with E-state index >= 15 is 0 Å². The number of likely N-dealkylation sites (N-methyl/N-ethyl adjacent to an activating group) is 1. The van der Waals surface area contributed by atoms with Gasteiger partial charge in [-0.2, -0.15) is 0 Å². The Hall–Kier alpha value is -1.34. The number of carboxylic acids is 1. The molecule has 0 aliphatic carbocycles. The number of amides is 2. The molecule has 7 heteroatoms. The van der Waals surface area contributed by atoms with Crippen molar-refractivity contribution in [2.45, 2.75) is 32.2 Å². The normalized spacial score (nSPS) is 12.2. The fourth-order valence-corrected chi connectivity index (χ4v) is 1.49. The number of urea groups is 1. The standard InChI is InChI=1S/C13H27N3O4/c1-11(5-4-6-12(17)18)15-13(19)14-7-9-20-10-8-16(2)3/h11H,4-10H2,1-3H3,(H,17,18)(H2,14,15,19). The molecule has 0 aliphatic rings. The lowest BCUT2D eigenvalue weighted by molar-refractivity contribution is -0.137. The van der Waals surface area contributed by atoms with Gasteiger partial charge in [0, 0.05) is 25.6 Å². The van der Waals surface area contributed by atoms with Gasteiger partial charge in [-0.05, 0) is 33.9 Å². The van der Waals surface area contributed by atoms with Crippen LogP contribution in [0.25, 0.3) is 0 Å². The highest BCUT2D eigenvalue weighted by Crippen LogP contribution is 2.00. The van der Waals surface area contributed by atoms with Crippen LogP contribution in [0.5, 0.6) is 0 Å². The van der Waals surface area contributed by atoms with E-state index in [9.17, 15) is 9.59 Å². The molecule has 0 saturated carbocycles. The van der Waals surface area contributed by atoms with Crippen LogP contribution < -0.4 is 10.6 Å². The van der Waals surface area contributed by atoms with E-state index in [2.05, 4.69) is 10.6 Å². The molecule has 2 amide bonds. The maximum Gasteiger partial charge on any atom is 0.315 e. The summed E-state index contributed by atoms with van der Waals surface area (Å²) in [6.45, 7) is 4.29. The molecule has 0 aliphatic heterocycles. The van der Waals surface area contributed by atoms with Crippen molar-refractivity contribution in [1.82, 2.24) is 15.5 Å². The van der Waals surface area contributed by atoms with Crippen molar-refractivity contribution in [3.63, 3.8) is 0 Å². The number of carbonyl (C=O) groups is 2. The first-order chi connectivity index (χ1) is 9.41. The van der Waals surface area contributed by atoms with E-state index in [-0.39, 0.29) is 18.5 Å². The average molecular weight is 289 g/mol. The first-order valence-corrected chi connectivity index (χ1v) is 6.90. The number of aliphatic carboxylic acids is 1. The van der Waals surface area contributed by atoms with Gasteiger partial charge >= 0.3 is 12.0 Å². The van der Waals surface area contributed by atoms with Crippen molar-refractivity contribution < 1.29 is 19.4 Å². The van der Waals surface area contributed by atoms with Gasteiger partial charge in [-0.15, -0.1) is 0 Å². The van der Waals surface area contributed by atoms with Crippen molar-refractivity contribution in [2.75, 3.05) is 40.4 Å². The van der Waals surface area contributed by atoms with Gasteiger partial charge in [0.2, 0.25) is 0 Å². The number of carboxylic acid groups (broad SMARTS) is 1. The Kier molecular flexibility index (Phi) is 10.7. The summed E-state index contributed by atoms with van der Waals surface area (Å²) >= 11 is 0. The number of hydrogen-bond acceptors (Lipinski definition) is 4. The summed E-state index contributed by atoms with van der Waals surface area (Å²) in [5, 5.41) is 14.0. The highest BCUT2D eigenvalue weighted by molar-refractivity contribution is 5.74. The smallest absolute Gasteiger partial charge is 0.315 e. The van der Waals surface area contributed by atoms with Crippen LogP contribution in [0.2, 0.25) is 0 Å². The summed E-state index contributed by atoms with van der Waals surface area (Å²) in [5.41, 5.74) is 0. The van der Waals surface area contributed by atoms with Gasteiger partial charge in [0.05, 0.1) is 13.2 Å². The number of hydrogen-bond donors (Lipinski definition) is 3. The Morgan fingerprint density at radius 3 is 2.60 bits per heavy atom. The van der Waals surface area contributed by atoms with Crippen LogP contribution in [0.15, 0.2) is 0 Å². The van der Waals surface area contributed by atoms with E-state index < -0.39 is 5.97 Å². The second-order valence-corrected chi connectivity index (χ2v) is 5.00. The lowest BCUT2D eigenvalue weighted by Gasteiger charge is -2.14. The Morgan fingerprint density at radius 2 is 2.00 bits per heavy atom. The first kappa shape index (κ1) is 18.7. The van der Waals surface area contributed by atoms with Gasteiger partial charge in [-0.25, -0.2) is 4.79 Å². The third-order valence-electron chi connectivity index (χ3n) is 2.62. The molecule has 0 aromatic heterocycles. The molecule has 20 heavy (non-hydrogen) atoms. The maximum atomic E-state index is 11.5. The minimum absolute atomic E-state index is 0.0380. The van der Waals surface area contributed by atoms with Crippen molar-refractivity contribution in [1.29, 1.82) is 0 Å². The van der Waals surface area contributed by atoms with Gasteiger partial charge < -0.3 is 25.4 Å². The van der Waals surface area contributed by atoms with E-state index in [0.29, 0.717) is 32.6 Å². The first-order valence-electron chi connectivity index (χ1n) is 6.90. The molecule has 1 atom stereocenters. The molecule has 7 nitrogen and oxygen atoms in total. The van der Waals surface area contributed by atoms with Crippen molar-refractivity contribution in [3.05, 3.63) is 0 Å². The number of ether oxygens (including phenoxy) is 1. The molecule has 0 spiro atoms. The van der Waals surface area contributed by atoms with Crippen LogP contribution >= 0.6 is 0 Å². The maximum absolute atomic E-state index is 11.5. The van der Waals surface area contributed by atoms with Crippen LogP contribution in [0, 0.1) is 0 Å². The molecule has 0 bridgehead atoms. The predicted octanol–water partition coefficient (Wildman–Crippen LogP) is 0.507. The monoisotopic (exact) mass is 289 g/mol. The van der Waals surface area contributed by atoms with Crippen LogP contribution in [0.4, 0.5) is 4.79 Å². The summed E-state index contributed by atoms with van der Waals surface area (Å²) in [6.07, 6.45) is 1.34. The Labute approximate surface area is 120 Å². The fraction of sp³-hybridized carbons (Fsp3) is 0.846. The van der Waals surface area contributed by atoms with Gasteiger partial charge in [-0.3, -0.25) is 4.79 Å². The van der Waals surface area contributed by atoms with E-state index in [1.807, 2.05) is 25.9 Å². The second kappa shape index (κ2) is 11.5. The fourth-order valence-electron chi connectivity index (χ4n) is 1.49. The van der Waals surface area contributed by atoms with E-state index in [1.165, 1.54) is 0 Å². The molecule has 0 rings (SSSR count). The van der Waals surface area contributed by atoms with Gasteiger partial charge in [0.15, 0.2) is 0 Å². The number of nitrogens with zero attached hydrogens (tertiary/aromatic N) is 1. The molecule has 1 unspecified atom stereocenters. The third-order valence-corrected chi connectivity index (χ3v) is 2.62. The molecule has 0 radical (unpaired) electrons. The second-order valence-electron chi connectivity index (χ2n) is 5.00. The number of nitrogens with one attached hydrogen (secondary N) is 2. The van der Waals surface area contributed by atoms with Crippen LogP contribution in [-0.4, -0.2) is 68.4 Å². The molecule has 3 N–H and O–H groups in total. The Balaban J connectivity index is 3.45. The average Bonchev–Trinajstić information content (AvgIpc) is 2.32. The van der Waals surface area contributed by atoms with Crippen molar-refractivity contribution in [2.24, 2.45) is 0 Å². The summed E-state index contributed by atoms with van der Waals surface area (Å²) in [5.74, 6) is -0.809. The topological polar surface area (TPSA) is 90.9 Å². The minimum Gasteiger partial charge on any atom is -0.481 e. The predicted molar refractivity (Wildman–Crippen MR) is 76.9 cm³/mol. The summed E-state index contributed by atoms with van der Waals surface area (Å²) < 4.78 is 5.34. The van der Waals surface area contributed by atoms with Crippen molar-refractivity contribution in [3.8, 4) is 0 Å². The minimum atomic E-state index is -0.809. The van der Waals surface area contributed by atoms with Crippen LogP contribution in [0.1, 0.15) is 26.2 Å². The molecule has 118 valence electrons. The lowest BCUT2D eigenvalue weighted by Crippen LogP contribution is -2.42.